The van der Waals surface area contributed by atoms with Crippen LogP contribution in [0.25, 0.3) is 141 Å². The first-order valence-electron chi connectivity index (χ1n) is 37.0. The molecule has 0 saturated carbocycles. The number of fused-ring (bicyclic) bond motifs is 10. The largest absolute Gasteiger partial charge is 0.355 e. The molecule has 16 rings (SSSR count). The number of anilines is 4. The SMILES string of the molecule is CC(C)[Si](C#Cc1c2cc3ccccc3cc2c(-c2ccc(Nc3ccc4ccccc4c3-c3c(Nc4ccc(-c5c6cc7ccccc7cc6c(C#C[Si](C(C)C)(C(C)C)C(C)C)c6cc7ccccc7cc56)cc4)ccc4ccccc34)cc2)c2cc3ccccc3cc12)(C(C)C)C(C)C. The number of benzene rings is 16. The van der Waals surface area contributed by atoms with E-state index in [9.17, 15) is 0 Å². The van der Waals surface area contributed by atoms with Gasteiger partial charge in [0.25, 0.3) is 0 Å². The van der Waals surface area contributed by atoms with Gasteiger partial charge in [-0.05, 0) is 248 Å². The Hall–Kier alpha value is -10.7. The molecule has 0 bridgehead atoms. The molecule has 0 aromatic heterocycles. The van der Waals surface area contributed by atoms with Crippen molar-refractivity contribution in [2.75, 3.05) is 10.6 Å². The lowest BCUT2D eigenvalue weighted by Crippen LogP contribution is -2.43. The van der Waals surface area contributed by atoms with E-state index in [0.29, 0.717) is 33.2 Å². The van der Waals surface area contributed by atoms with Crippen LogP contribution in [0.1, 0.15) is 94.2 Å². The van der Waals surface area contributed by atoms with Gasteiger partial charge in [0.15, 0.2) is 0 Å². The molecule has 0 radical (unpaired) electrons. The maximum atomic E-state index is 4.18. The van der Waals surface area contributed by atoms with Gasteiger partial charge in [-0.25, -0.2) is 0 Å². The summed E-state index contributed by atoms with van der Waals surface area (Å²) in [7, 11) is -4.22. The summed E-state index contributed by atoms with van der Waals surface area (Å²) in [4.78, 5) is 0. The molecule has 16 aromatic rings. The molecule has 16 aromatic carbocycles. The molecule has 0 fully saturated rings. The van der Waals surface area contributed by atoms with E-state index in [2.05, 4.69) is 384 Å². The lowest BCUT2D eigenvalue weighted by molar-refractivity contribution is 0.838. The van der Waals surface area contributed by atoms with Crippen molar-refractivity contribution in [3.8, 4) is 56.3 Å². The average molecular weight is 1350 g/mol. The van der Waals surface area contributed by atoms with Crippen molar-refractivity contribution in [1.82, 2.24) is 0 Å². The minimum Gasteiger partial charge on any atom is -0.355 e. The van der Waals surface area contributed by atoms with Gasteiger partial charge in [-0.15, -0.1) is 11.1 Å². The van der Waals surface area contributed by atoms with E-state index in [4.69, 9.17) is 0 Å². The highest BCUT2D eigenvalue weighted by molar-refractivity contribution is 6.91. The maximum Gasteiger partial charge on any atom is 0.146 e. The van der Waals surface area contributed by atoms with Crippen molar-refractivity contribution in [3.63, 3.8) is 0 Å². The fourth-order valence-corrected chi connectivity index (χ4v) is 28.8. The second-order valence-electron chi connectivity index (χ2n) is 30.6. The maximum absolute atomic E-state index is 4.18. The predicted octanol–water partition coefficient (Wildman–Crippen LogP) is 28.8. The average Bonchev–Trinajstić information content (AvgIpc) is 0.728. The van der Waals surface area contributed by atoms with Crippen molar-refractivity contribution < 1.29 is 0 Å². The number of nitrogens with one attached hydrogen (secondary N) is 2. The lowest BCUT2D eigenvalue weighted by Gasteiger charge is -2.38. The van der Waals surface area contributed by atoms with Gasteiger partial charge < -0.3 is 10.6 Å². The molecule has 498 valence electrons. The molecular formula is C98H88N2Si2. The van der Waals surface area contributed by atoms with Crippen molar-refractivity contribution in [2.45, 2.75) is 116 Å². The minimum atomic E-state index is -2.11. The van der Waals surface area contributed by atoms with E-state index < -0.39 is 16.1 Å². The Kier molecular flexibility index (Phi) is 17.0. The summed E-state index contributed by atoms with van der Waals surface area (Å²) in [6, 6.07) is 99.8. The van der Waals surface area contributed by atoms with Crippen LogP contribution < -0.4 is 10.6 Å². The predicted molar refractivity (Wildman–Crippen MR) is 453 cm³/mol. The molecule has 0 amide bonds. The first-order chi connectivity index (χ1) is 49.5. The fourth-order valence-electron chi connectivity index (χ4n) is 18.3. The van der Waals surface area contributed by atoms with Gasteiger partial charge in [0.05, 0.1) is 0 Å². The molecule has 0 unspecified atom stereocenters. The summed E-state index contributed by atoms with van der Waals surface area (Å²) >= 11 is 0. The first kappa shape index (κ1) is 65.9. The third-order valence-corrected chi connectivity index (χ3v) is 35.8. The van der Waals surface area contributed by atoms with Crippen LogP contribution in [0.3, 0.4) is 0 Å². The Bertz CT molecular complexity index is 5550. The van der Waals surface area contributed by atoms with Crippen LogP contribution in [0.2, 0.25) is 33.2 Å². The number of hydrogen-bond donors (Lipinski definition) is 2. The third kappa shape index (κ3) is 11.2. The van der Waals surface area contributed by atoms with E-state index in [1.54, 1.807) is 0 Å². The summed E-state index contributed by atoms with van der Waals surface area (Å²) in [6.07, 6.45) is 0. The lowest BCUT2D eigenvalue weighted by atomic mass is 9.86. The highest BCUT2D eigenvalue weighted by Gasteiger charge is 2.43. The Morgan fingerprint density at radius 1 is 0.225 bits per heavy atom. The van der Waals surface area contributed by atoms with Crippen LogP contribution in [-0.4, -0.2) is 16.1 Å². The van der Waals surface area contributed by atoms with Crippen LogP contribution in [0.5, 0.6) is 0 Å². The zero-order valence-corrected chi connectivity index (χ0v) is 62.9. The highest BCUT2D eigenvalue weighted by Crippen LogP contribution is 2.50. The Morgan fingerprint density at radius 3 is 0.716 bits per heavy atom. The van der Waals surface area contributed by atoms with Gasteiger partial charge >= 0.3 is 0 Å². The monoisotopic (exact) mass is 1350 g/mol. The summed E-state index contributed by atoms with van der Waals surface area (Å²) in [5.74, 6) is 8.11. The van der Waals surface area contributed by atoms with Crippen LogP contribution >= 0.6 is 0 Å². The summed E-state index contributed by atoms with van der Waals surface area (Å²) < 4.78 is 0. The first-order valence-corrected chi connectivity index (χ1v) is 41.4. The molecule has 2 N–H and O–H groups in total. The fraction of sp³-hybridized carbons (Fsp3) is 0.184. The zero-order valence-electron chi connectivity index (χ0n) is 60.9. The van der Waals surface area contributed by atoms with Gasteiger partial charge in [-0.1, -0.05) is 277 Å². The van der Waals surface area contributed by atoms with Gasteiger partial charge in [0.2, 0.25) is 0 Å². The van der Waals surface area contributed by atoms with Crippen molar-refractivity contribution in [3.05, 3.63) is 278 Å². The second-order valence-corrected chi connectivity index (χ2v) is 41.8. The molecule has 0 spiro atoms. The van der Waals surface area contributed by atoms with Gasteiger partial charge in [0.1, 0.15) is 16.1 Å². The molecule has 0 aliphatic heterocycles. The van der Waals surface area contributed by atoms with Crippen LogP contribution in [0.4, 0.5) is 22.7 Å². The smallest absolute Gasteiger partial charge is 0.146 e. The molecule has 2 nitrogen and oxygen atoms in total. The van der Waals surface area contributed by atoms with Gasteiger partial charge in [-0.2, -0.15) is 0 Å². The number of hydrogen-bond acceptors (Lipinski definition) is 2. The summed E-state index contributed by atoms with van der Waals surface area (Å²) in [5.41, 5.74) is 24.8. The van der Waals surface area contributed by atoms with Gasteiger partial charge in [-0.3, -0.25) is 0 Å². The van der Waals surface area contributed by atoms with Crippen LogP contribution in [0.15, 0.2) is 267 Å². The van der Waals surface area contributed by atoms with E-state index in [0.717, 1.165) is 56.1 Å². The van der Waals surface area contributed by atoms with Crippen molar-refractivity contribution in [1.29, 1.82) is 0 Å². The molecular weight excluding hydrogens is 1260 g/mol. The molecule has 0 aliphatic rings. The topological polar surface area (TPSA) is 24.1 Å². The normalized spacial score (nSPS) is 12.3. The molecule has 0 heterocycles. The van der Waals surface area contributed by atoms with E-state index in [-0.39, 0.29) is 0 Å². The van der Waals surface area contributed by atoms with Gasteiger partial charge in [0, 0.05) is 45.0 Å². The van der Waals surface area contributed by atoms with E-state index in [1.165, 1.54) is 119 Å². The Balaban J connectivity index is 0.824. The third-order valence-electron chi connectivity index (χ3n) is 23.3. The summed E-state index contributed by atoms with van der Waals surface area (Å²) in [6.45, 7) is 29.0. The van der Waals surface area contributed by atoms with Crippen LogP contribution in [0, 0.1) is 22.9 Å². The highest BCUT2D eigenvalue weighted by atomic mass is 28.3. The molecule has 0 saturated heterocycles. The Labute approximate surface area is 603 Å². The van der Waals surface area contributed by atoms with Crippen molar-refractivity contribution in [2.24, 2.45) is 0 Å². The van der Waals surface area contributed by atoms with E-state index >= 15 is 0 Å². The second kappa shape index (κ2) is 26.3. The summed E-state index contributed by atoms with van der Waals surface area (Å²) in [5, 5.41) is 32.2. The molecule has 0 aliphatic carbocycles. The molecule has 102 heavy (non-hydrogen) atoms. The molecule has 0 atom stereocenters. The zero-order chi connectivity index (χ0) is 70.3. The van der Waals surface area contributed by atoms with Crippen LogP contribution in [-0.2, 0) is 0 Å². The van der Waals surface area contributed by atoms with Crippen molar-refractivity contribution >= 4 is 147 Å². The molecule has 4 heteroatoms. The Morgan fingerprint density at radius 2 is 0.461 bits per heavy atom. The quantitative estimate of drug-likeness (QED) is 0.0683. The minimum absolute atomic E-state index is 0.512. The standard InChI is InChI=1S/C98H88N2Si2/c1-61(2)101(62(3)4,63(5)6)51-49-83-85-53-71-27-13-17-31-75(71)57-89(85)95(90-58-76-32-18-14-28-72(76)54-86(83)90)69-37-43-79(44-38-69)99-93-47-41-67-25-21-23-35-81(67)97(93)98-82-36-24-22-26-68(82)42-48-94(98)100-80-45-39-70(40-46-80)96-91-59-77-33-19-15-29-73(77)55-87(91)84(50-52-102(64(7)8,65(9)10)66(11)12)88-56-74-30-16-20-34-78(74)60-92(88)96/h13-48,53-66,99-100H,1-12H3. The van der Waals surface area contributed by atoms with E-state index in [1.807, 2.05) is 0 Å². The number of rotatable bonds is 13.